The Hall–Kier alpha value is -3.87. The molecule has 192 valence electrons. The van der Waals surface area contributed by atoms with Crippen LogP contribution in [0.3, 0.4) is 0 Å². The monoisotopic (exact) mass is 498 g/mol. The molecule has 0 bridgehead atoms. The van der Waals surface area contributed by atoms with Crippen molar-refractivity contribution in [3.63, 3.8) is 0 Å². The van der Waals surface area contributed by atoms with E-state index in [0.29, 0.717) is 22.3 Å². The van der Waals surface area contributed by atoms with E-state index in [2.05, 4.69) is 44.8 Å². The van der Waals surface area contributed by atoms with Crippen LogP contribution < -0.4 is 0 Å². The zero-order valence-electron chi connectivity index (χ0n) is 22.6. The van der Waals surface area contributed by atoms with E-state index in [-0.39, 0.29) is 22.3 Å². The number of fused-ring (bicyclic) bond motifs is 1. The Kier molecular flexibility index (Phi) is 6.52. The summed E-state index contributed by atoms with van der Waals surface area (Å²) >= 11 is 0. The second kappa shape index (κ2) is 9.21. The third-order valence-electron chi connectivity index (χ3n) is 6.85. The van der Waals surface area contributed by atoms with Crippen LogP contribution in [0.2, 0.25) is 0 Å². The average molecular weight is 499 g/mol. The quantitative estimate of drug-likeness (QED) is 0.153. The highest BCUT2D eigenvalue weighted by atomic mass is 16.6. The zero-order valence-corrected chi connectivity index (χ0v) is 22.6. The largest absolute Gasteiger partial charge is 0.293 e. The summed E-state index contributed by atoms with van der Waals surface area (Å²) in [5, 5.41) is 20.5. The van der Waals surface area contributed by atoms with Crippen LogP contribution in [0.1, 0.15) is 76.4 Å². The Labute approximate surface area is 217 Å². The molecule has 0 aliphatic rings. The number of carbonyl (C=O) groups is 1. The topological polar surface area (TPSA) is 90.9 Å². The molecule has 3 aromatic carbocycles. The van der Waals surface area contributed by atoms with E-state index < -0.39 is 10.3 Å². The van der Waals surface area contributed by atoms with Crippen molar-refractivity contribution in [2.75, 3.05) is 0 Å². The van der Waals surface area contributed by atoms with Gasteiger partial charge in [-0.15, -0.1) is 15.0 Å². The van der Waals surface area contributed by atoms with Gasteiger partial charge in [-0.2, -0.15) is 0 Å². The van der Waals surface area contributed by atoms with Crippen molar-refractivity contribution in [3.05, 3.63) is 93.5 Å². The van der Waals surface area contributed by atoms with Gasteiger partial charge in [-0.1, -0.05) is 71.0 Å². The molecule has 7 heteroatoms. The standard InChI is InChI=1S/C30H34N4O3/c1-28(2,3)19-29(4,5)21-13-15-23(27(35)30(6,7)20-11-9-8-10-12-20)26(17-21)33-31-24-16-14-22(34(36)37)18-25(24)32-33/h8-18H,19H2,1-7H3. The molecule has 0 aliphatic carbocycles. The molecule has 0 N–H and O–H groups in total. The number of rotatable bonds is 7. The van der Waals surface area contributed by atoms with Crippen LogP contribution in [0.5, 0.6) is 0 Å². The molecule has 0 aliphatic heterocycles. The third-order valence-corrected chi connectivity index (χ3v) is 6.85. The van der Waals surface area contributed by atoms with Gasteiger partial charge in [0, 0.05) is 17.7 Å². The van der Waals surface area contributed by atoms with Crippen molar-refractivity contribution < 1.29 is 9.72 Å². The van der Waals surface area contributed by atoms with E-state index in [0.717, 1.165) is 17.5 Å². The number of benzene rings is 3. The minimum Gasteiger partial charge on any atom is -0.293 e. The van der Waals surface area contributed by atoms with Crippen LogP contribution in [-0.4, -0.2) is 25.7 Å². The Bertz CT molecular complexity index is 1480. The van der Waals surface area contributed by atoms with Gasteiger partial charge in [-0.3, -0.25) is 14.9 Å². The van der Waals surface area contributed by atoms with Crippen LogP contribution in [0, 0.1) is 15.5 Å². The average Bonchev–Trinajstić information content (AvgIpc) is 3.25. The highest BCUT2D eigenvalue weighted by Crippen LogP contribution is 2.38. The molecule has 1 heterocycles. The van der Waals surface area contributed by atoms with Crippen LogP contribution in [-0.2, 0) is 10.8 Å². The SMILES string of the molecule is CC(C)(C)CC(C)(C)c1ccc(C(=O)C(C)(C)c2ccccc2)c(-n2nc3ccc([N+](=O)[O-])cc3n2)c1. The van der Waals surface area contributed by atoms with Crippen molar-refractivity contribution in [3.8, 4) is 5.69 Å². The Morgan fingerprint density at radius 3 is 2.11 bits per heavy atom. The van der Waals surface area contributed by atoms with E-state index in [1.807, 2.05) is 62.4 Å². The highest BCUT2D eigenvalue weighted by Gasteiger charge is 2.34. The maximum Gasteiger partial charge on any atom is 0.271 e. The lowest BCUT2D eigenvalue weighted by atomic mass is 9.71. The third kappa shape index (κ3) is 5.31. The van der Waals surface area contributed by atoms with Gasteiger partial charge in [0.2, 0.25) is 0 Å². The molecule has 0 saturated carbocycles. The van der Waals surface area contributed by atoms with Crippen molar-refractivity contribution in [1.29, 1.82) is 0 Å². The number of hydrogen-bond donors (Lipinski definition) is 0. The molecule has 37 heavy (non-hydrogen) atoms. The maximum atomic E-state index is 14.1. The number of hydrogen-bond acceptors (Lipinski definition) is 5. The number of non-ortho nitro benzene ring substituents is 1. The molecule has 1 aromatic heterocycles. The van der Waals surface area contributed by atoms with Gasteiger partial charge in [-0.05, 0) is 60.4 Å². The number of nitro groups is 1. The van der Waals surface area contributed by atoms with Crippen LogP contribution in [0.25, 0.3) is 16.7 Å². The first-order valence-corrected chi connectivity index (χ1v) is 12.5. The fourth-order valence-electron chi connectivity index (χ4n) is 5.18. The summed E-state index contributed by atoms with van der Waals surface area (Å²) in [6, 6.07) is 20.0. The molecule has 0 amide bonds. The smallest absolute Gasteiger partial charge is 0.271 e. The normalized spacial score (nSPS) is 12.6. The summed E-state index contributed by atoms with van der Waals surface area (Å²) in [4.78, 5) is 26.3. The molecule has 7 nitrogen and oxygen atoms in total. The number of nitrogens with zero attached hydrogens (tertiary/aromatic N) is 4. The number of nitro benzene ring substituents is 1. The maximum absolute atomic E-state index is 14.1. The lowest BCUT2D eigenvalue weighted by molar-refractivity contribution is -0.384. The van der Waals surface area contributed by atoms with E-state index in [9.17, 15) is 14.9 Å². The molecule has 0 radical (unpaired) electrons. The number of ketones is 1. The summed E-state index contributed by atoms with van der Waals surface area (Å²) in [7, 11) is 0. The van der Waals surface area contributed by atoms with E-state index in [1.165, 1.54) is 16.9 Å². The molecular weight excluding hydrogens is 464 g/mol. The van der Waals surface area contributed by atoms with Gasteiger partial charge >= 0.3 is 0 Å². The fraction of sp³-hybridized carbons (Fsp3) is 0.367. The van der Waals surface area contributed by atoms with Gasteiger partial charge in [0.05, 0.1) is 16.0 Å². The number of aromatic nitrogens is 3. The van der Waals surface area contributed by atoms with Gasteiger partial charge < -0.3 is 0 Å². The van der Waals surface area contributed by atoms with Gasteiger partial charge in [0.1, 0.15) is 11.0 Å². The van der Waals surface area contributed by atoms with E-state index >= 15 is 0 Å². The first kappa shape index (κ1) is 26.2. The zero-order chi connectivity index (χ0) is 27.2. The van der Waals surface area contributed by atoms with Gasteiger partial charge in [0.25, 0.3) is 5.69 Å². The Morgan fingerprint density at radius 1 is 0.838 bits per heavy atom. The van der Waals surface area contributed by atoms with Gasteiger partial charge in [-0.25, -0.2) is 0 Å². The summed E-state index contributed by atoms with van der Waals surface area (Å²) in [6.07, 6.45) is 0.933. The first-order chi connectivity index (χ1) is 17.2. The molecule has 0 fully saturated rings. The van der Waals surface area contributed by atoms with E-state index in [1.54, 1.807) is 6.07 Å². The molecular formula is C30H34N4O3. The van der Waals surface area contributed by atoms with Crippen LogP contribution in [0.4, 0.5) is 5.69 Å². The van der Waals surface area contributed by atoms with Crippen molar-refractivity contribution in [1.82, 2.24) is 15.0 Å². The highest BCUT2D eigenvalue weighted by molar-refractivity contribution is 6.06. The van der Waals surface area contributed by atoms with Crippen LogP contribution in [0.15, 0.2) is 66.7 Å². The lowest BCUT2D eigenvalue weighted by Gasteiger charge is -2.33. The molecule has 4 rings (SSSR count). The Balaban J connectivity index is 1.90. The second-order valence-corrected chi connectivity index (χ2v) is 12.1. The van der Waals surface area contributed by atoms with Gasteiger partial charge in [0.15, 0.2) is 5.78 Å². The van der Waals surface area contributed by atoms with Crippen molar-refractivity contribution in [2.24, 2.45) is 5.41 Å². The Morgan fingerprint density at radius 2 is 1.49 bits per heavy atom. The second-order valence-electron chi connectivity index (χ2n) is 12.1. The summed E-state index contributed by atoms with van der Waals surface area (Å²) in [6.45, 7) is 14.9. The molecule has 0 spiro atoms. The fourth-order valence-corrected chi connectivity index (χ4v) is 5.18. The summed E-state index contributed by atoms with van der Waals surface area (Å²) < 4.78 is 0. The first-order valence-electron chi connectivity index (χ1n) is 12.5. The molecule has 0 saturated heterocycles. The molecule has 0 atom stereocenters. The predicted octanol–water partition coefficient (Wildman–Crippen LogP) is 7.20. The summed E-state index contributed by atoms with van der Waals surface area (Å²) in [5.41, 5.74) is 3.05. The molecule has 4 aromatic rings. The minimum atomic E-state index is -0.788. The van der Waals surface area contributed by atoms with Crippen molar-refractivity contribution in [2.45, 2.75) is 65.7 Å². The minimum absolute atomic E-state index is 0.0544. The summed E-state index contributed by atoms with van der Waals surface area (Å²) in [5.74, 6) is -0.0544. The number of carbonyl (C=O) groups excluding carboxylic acids is 1. The van der Waals surface area contributed by atoms with Crippen molar-refractivity contribution >= 4 is 22.5 Å². The predicted molar refractivity (Wildman–Crippen MR) is 146 cm³/mol. The lowest BCUT2D eigenvalue weighted by Crippen LogP contribution is -2.31. The van der Waals surface area contributed by atoms with E-state index in [4.69, 9.17) is 0 Å². The number of Topliss-reactive ketones (excluding diaryl/α,β-unsaturated/α-hetero) is 1. The van der Waals surface area contributed by atoms with Crippen LogP contribution >= 0.6 is 0 Å². The molecule has 0 unspecified atom stereocenters.